The number of hydrogen-bond donors (Lipinski definition) is 1. The maximum absolute atomic E-state index is 12.0. The van der Waals surface area contributed by atoms with E-state index in [0.29, 0.717) is 36.7 Å². The number of aliphatic hydroxyl groups excluding tert-OH is 1. The number of aldehydes is 1. The third-order valence-corrected chi connectivity index (χ3v) is 5.79. The van der Waals surface area contributed by atoms with Gasteiger partial charge in [-0.2, -0.15) is 9.97 Å². The number of anilines is 1. The normalized spacial score (nSPS) is 15.4. The highest BCUT2D eigenvalue weighted by Gasteiger charge is 2.30. The lowest BCUT2D eigenvalue weighted by Crippen LogP contribution is -2.48. The summed E-state index contributed by atoms with van der Waals surface area (Å²) in [5, 5.41) is 10.9. The minimum absolute atomic E-state index is 0.000273. The Hall–Kier alpha value is -2.03. The molecule has 1 aromatic heterocycles. The van der Waals surface area contributed by atoms with Gasteiger partial charge in [0.1, 0.15) is 0 Å². The molecule has 162 valence electrons. The largest absolute Gasteiger partial charge is 0.395 e. The van der Waals surface area contributed by atoms with Gasteiger partial charge in [0.15, 0.2) is 17.9 Å². The van der Waals surface area contributed by atoms with Crippen molar-refractivity contribution in [1.82, 2.24) is 19.9 Å². The standard InChI is InChI=1S/C21H20Cl3N5O2/c22-21(23,24)19-25-18(16-6-5-14-3-1-2-4-15(14)17(16)13-31)26-20(27-19)29-9-7-28(8-10-29)11-12-30/h1-6,13,30H,7-12H2. The monoisotopic (exact) mass is 479 g/mol. The number of fused-ring (bicyclic) bond motifs is 1. The van der Waals surface area contributed by atoms with Crippen molar-refractivity contribution in [3.8, 4) is 11.4 Å². The zero-order valence-corrected chi connectivity index (χ0v) is 18.8. The third kappa shape index (κ3) is 4.76. The van der Waals surface area contributed by atoms with Crippen molar-refractivity contribution in [1.29, 1.82) is 0 Å². The quantitative estimate of drug-likeness (QED) is 0.442. The molecular formula is C21H20Cl3N5O2. The fraction of sp³-hybridized carbons (Fsp3) is 0.333. The average molecular weight is 481 g/mol. The van der Waals surface area contributed by atoms with Crippen LogP contribution in [0.25, 0.3) is 22.2 Å². The smallest absolute Gasteiger partial charge is 0.250 e. The minimum atomic E-state index is -1.84. The molecule has 1 aliphatic heterocycles. The van der Waals surface area contributed by atoms with Gasteiger partial charge in [-0.05, 0) is 16.8 Å². The van der Waals surface area contributed by atoms with E-state index in [1.54, 1.807) is 6.07 Å². The van der Waals surface area contributed by atoms with Gasteiger partial charge in [-0.3, -0.25) is 9.69 Å². The number of piperazine rings is 1. The van der Waals surface area contributed by atoms with Crippen molar-refractivity contribution in [2.24, 2.45) is 0 Å². The Morgan fingerprint density at radius 3 is 2.42 bits per heavy atom. The second kappa shape index (κ2) is 9.22. The van der Waals surface area contributed by atoms with E-state index in [9.17, 15) is 4.79 Å². The Balaban J connectivity index is 1.79. The summed E-state index contributed by atoms with van der Waals surface area (Å²) in [6.07, 6.45) is 0.795. The van der Waals surface area contributed by atoms with Gasteiger partial charge in [-0.1, -0.05) is 65.1 Å². The molecule has 1 N–H and O–H groups in total. The van der Waals surface area contributed by atoms with Gasteiger partial charge >= 0.3 is 0 Å². The van der Waals surface area contributed by atoms with Crippen LogP contribution in [0.4, 0.5) is 5.95 Å². The highest BCUT2D eigenvalue weighted by Crippen LogP contribution is 2.38. The van der Waals surface area contributed by atoms with Crippen molar-refractivity contribution in [2.75, 3.05) is 44.2 Å². The van der Waals surface area contributed by atoms with Gasteiger partial charge in [0.05, 0.1) is 6.61 Å². The first-order chi connectivity index (χ1) is 14.9. The van der Waals surface area contributed by atoms with E-state index in [2.05, 4.69) is 19.9 Å². The van der Waals surface area contributed by atoms with Crippen molar-refractivity contribution in [3.63, 3.8) is 0 Å². The van der Waals surface area contributed by atoms with E-state index < -0.39 is 3.79 Å². The van der Waals surface area contributed by atoms with Crippen LogP contribution >= 0.6 is 34.8 Å². The first-order valence-corrected chi connectivity index (χ1v) is 10.9. The number of carbonyl (C=O) groups excluding carboxylic acids is 1. The molecular weight excluding hydrogens is 461 g/mol. The van der Waals surface area contributed by atoms with Crippen LogP contribution < -0.4 is 4.90 Å². The number of alkyl halides is 3. The van der Waals surface area contributed by atoms with Gasteiger partial charge in [-0.15, -0.1) is 0 Å². The molecule has 3 aromatic rings. The Bertz CT molecular complexity index is 1100. The molecule has 0 aliphatic carbocycles. The molecule has 0 saturated carbocycles. The van der Waals surface area contributed by atoms with Gasteiger partial charge < -0.3 is 10.0 Å². The first-order valence-electron chi connectivity index (χ1n) is 9.79. The summed E-state index contributed by atoms with van der Waals surface area (Å²) in [6.45, 7) is 3.54. The van der Waals surface area contributed by atoms with Crippen LogP contribution in [-0.2, 0) is 3.79 Å². The highest BCUT2D eigenvalue weighted by atomic mass is 35.6. The summed E-state index contributed by atoms with van der Waals surface area (Å²) >= 11 is 18.3. The summed E-state index contributed by atoms with van der Waals surface area (Å²) < 4.78 is -1.84. The average Bonchev–Trinajstić information content (AvgIpc) is 2.78. The molecule has 4 rings (SSSR count). The first kappa shape index (κ1) is 22.2. The van der Waals surface area contributed by atoms with Crippen LogP contribution in [-0.4, -0.2) is 70.6 Å². The fourth-order valence-corrected chi connectivity index (χ4v) is 3.94. The van der Waals surface area contributed by atoms with Crippen LogP contribution in [0, 0.1) is 0 Å². The van der Waals surface area contributed by atoms with Crippen LogP contribution in [0.15, 0.2) is 36.4 Å². The van der Waals surface area contributed by atoms with E-state index in [1.165, 1.54) is 0 Å². The predicted molar refractivity (Wildman–Crippen MR) is 123 cm³/mol. The highest BCUT2D eigenvalue weighted by molar-refractivity contribution is 6.66. The molecule has 0 unspecified atom stereocenters. The molecule has 0 spiro atoms. The Morgan fingerprint density at radius 1 is 1.00 bits per heavy atom. The SMILES string of the molecule is O=Cc1c(-c2nc(N3CCN(CCO)CC3)nc(C(Cl)(Cl)Cl)n2)ccc2ccccc12. The molecule has 0 atom stereocenters. The molecule has 10 heteroatoms. The Morgan fingerprint density at radius 2 is 1.74 bits per heavy atom. The van der Waals surface area contributed by atoms with Crippen molar-refractivity contribution in [2.45, 2.75) is 3.79 Å². The summed E-state index contributed by atoms with van der Waals surface area (Å²) in [6, 6.07) is 11.3. The van der Waals surface area contributed by atoms with Crippen LogP contribution in [0.2, 0.25) is 0 Å². The summed E-state index contributed by atoms with van der Waals surface area (Å²) in [5.74, 6) is 0.664. The molecule has 1 aliphatic rings. The number of carbonyl (C=O) groups is 1. The molecule has 2 aromatic carbocycles. The molecule has 31 heavy (non-hydrogen) atoms. The Kier molecular flexibility index (Phi) is 6.60. The maximum Gasteiger partial charge on any atom is 0.250 e. The number of aliphatic hydroxyl groups is 1. The van der Waals surface area contributed by atoms with Crippen LogP contribution in [0.5, 0.6) is 0 Å². The number of aromatic nitrogens is 3. The predicted octanol–water partition coefficient (Wildman–Crippen LogP) is 3.45. The van der Waals surface area contributed by atoms with Gasteiger partial charge in [0, 0.05) is 43.9 Å². The van der Waals surface area contributed by atoms with Crippen LogP contribution in [0.3, 0.4) is 0 Å². The molecule has 1 fully saturated rings. The lowest BCUT2D eigenvalue weighted by molar-refractivity contribution is 0.112. The zero-order chi connectivity index (χ0) is 22.0. The Labute approximate surface area is 194 Å². The number of hydrogen-bond acceptors (Lipinski definition) is 7. The number of β-amino-alcohol motifs (C(OH)–C–C–N with tert-alkyl or cyclic N) is 1. The second-order valence-corrected chi connectivity index (χ2v) is 9.48. The third-order valence-electron chi connectivity index (χ3n) is 5.28. The summed E-state index contributed by atoms with van der Waals surface area (Å²) in [7, 11) is 0. The van der Waals surface area contributed by atoms with E-state index in [1.807, 2.05) is 35.2 Å². The molecule has 7 nitrogen and oxygen atoms in total. The lowest BCUT2D eigenvalue weighted by Gasteiger charge is -2.34. The van der Waals surface area contributed by atoms with E-state index >= 15 is 0 Å². The van der Waals surface area contributed by atoms with Crippen molar-refractivity contribution < 1.29 is 9.90 Å². The maximum atomic E-state index is 12.0. The molecule has 0 radical (unpaired) electrons. The van der Waals surface area contributed by atoms with E-state index in [4.69, 9.17) is 39.9 Å². The lowest BCUT2D eigenvalue weighted by atomic mass is 9.99. The van der Waals surface area contributed by atoms with Gasteiger partial charge in [0.2, 0.25) is 9.74 Å². The van der Waals surface area contributed by atoms with E-state index in [-0.39, 0.29) is 18.3 Å². The number of benzene rings is 2. The number of nitrogens with zero attached hydrogens (tertiary/aromatic N) is 5. The fourth-order valence-electron chi connectivity index (χ4n) is 3.68. The minimum Gasteiger partial charge on any atom is -0.395 e. The second-order valence-electron chi connectivity index (χ2n) is 7.20. The van der Waals surface area contributed by atoms with Crippen molar-refractivity contribution in [3.05, 3.63) is 47.8 Å². The zero-order valence-electron chi connectivity index (χ0n) is 16.5. The molecule has 2 heterocycles. The number of rotatable bonds is 5. The van der Waals surface area contributed by atoms with Gasteiger partial charge in [-0.25, -0.2) is 4.98 Å². The van der Waals surface area contributed by atoms with Crippen LogP contribution in [0.1, 0.15) is 16.2 Å². The summed E-state index contributed by atoms with van der Waals surface area (Å²) in [5.41, 5.74) is 1.02. The molecule has 0 bridgehead atoms. The summed E-state index contributed by atoms with van der Waals surface area (Å²) in [4.78, 5) is 29.5. The molecule has 1 saturated heterocycles. The van der Waals surface area contributed by atoms with E-state index in [0.717, 1.165) is 30.1 Å². The van der Waals surface area contributed by atoms with Gasteiger partial charge in [0.25, 0.3) is 0 Å². The number of halogens is 3. The van der Waals surface area contributed by atoms with Crippen molar-refractivity contribution >= 4 is 57.8 Å². The molecule has 0 amide bonds. The topological polar surface area (TPSA) is 82.5 Å².